The third kappa shape index (κ3) is 15.5. The molecule has 0 atom stereocenters. The average molecular weight is 629 g/mol. The molecule has 8 heteroatoms. The minimum absolute atomic E-state index is 0.0390. The molecule has 28 heavy (non-hydrogen) atoms. The Hall–Kier alpha value is -0.432. The van der Waals surface area contributed by atoms with Crippen LogP contribution in [0.25, 0.3) is 0 Å². The summed E-state index contributed by atoms with van der Waals surface area (Å²) in [6.07, 6.45) is 2.37. The van der Waals surface area contributed by atoms with Crippen LogP contribution in [-0.4, -0.2) is 19.5 Å². The van der Waals surface area contributed by atoms with Crippen molar-refractivity contribution in [2.75, 3.05) is 0 Å². The molecule has 0 heterocycles. The predicted octanol–water partition coefficient (Wildman–Crippen LogP) is 4.35. The first-order valence-corrected chi connectivity index (χ1v) is 16.8. The Morgan fingerprint density at radius 1 is 0.607 bits per heavy atom. The third-order valence-corrected chi connectivity index (χ3v) is 6.02. The molecule has 0 aliphatic carbocycles. The standard InChI is InChI=1S/C20H26I.6FH.Sb/c1-15(2)13-17-5-9-19(10-6-17)21-20-11-7-18(8-12-20)14-16(3)4;;;;;;;/h5-12,15-16H,13-14H2,1-4H3;6*1H;/q+1;;;;;;;+5/p-6. The molecule has 0 unspecified atom stereocenters. The fraction of sp³-hybridized carbons (Fsp3) is 0.400. The van der Waals surface area contributed by atoms with E-state index in [2.05, 4.69) is 76.2 Å². The normalized spacial score (nSPS) is 14.3. The molecule has 0 saturated heterocycles. The number of hydrogen-bond donors (Lipinski definition) is 0. The summed E-state index contributed by atoms with van der Waals surface area (Å²) in [6.45, 7) is 9.11. The first-order chi connectivity index (χ1) is 12.5. The Kier molecular flexibility index (Phi) is 8.37. The fourth-order valence-electron chi connectivity index (χ4n) is 2.44. The van der Waals surface area contributed by atoms with Crippen LogP contribution in [0.4, 0.5) is 16.9 Å². The Labute approximate surface area is 175 Å². The molecule has 0 aliphatic rings. The second-order valence-corrected chi connectivity index (χ2v) is 16.0. The molecule has 0 bridgehead atoms. The van der Waals surface area contributed by atoms with Crippen LogP contribution in [0.15, 0.2) is 48.5 Å². The Bertz CT molecular complexity index is 672. The van der Waals surface area contributed by atoms with Gasteiger partial charge in [0.15, 0.2) is 7.14 Å². The van der Waals surface area contributed by atoms with Crippen molar-refractivity contribution in [1.29, 1.82) is 0 Å². The first-order valence-electron chi connectivity index (χ1n) is 8.87. The summed E-state index contributed by atoms with van der Waals surface area (Å²) in [7, 11) is 0. The van der Waals surface area contributed by atoms with Gasteiger partial charge in [0, 0.05) is 0 Å². The van der Waals surface area contributed by atoms with Crippen molar-refractivity contribution in [1.82, 2.24) is 0 Å². The molecule has 0 aliphatic heterocycles. The van der Waals surface area contributed by atoms with Crippen molar-refractivity contribution in [2.45, 2.75) is 40.5 Å². The molecule has 0 saturated carbocycles. The molecule has 0 spiro atoms. The van der Waals surface area contributed by atoms with Crippen LogP contribution in [0.2, 0.25) is 0 Å². The van der Waals surface area contributed by atoms with Gasteiger partial charge in [0.05, 0.1) is 0 Å². The number of halogens is 7. The Morgan fingerprint density at radius 3 is 1.07 bits per heavy atom. The molecule has 0 N–H and O–H groups in total. The van der Waals surface area contributed by atoms with Crippen molar-refractivity contribution in [3.8, 4) is 0 Å². The molecule has 2 rings (SSSR count). The van der Waals surface area contributed by atoms with Crippen LogP contribution >= 0.6 is 0 Å². The topological polar surface area (TPSA) is 0 Å². The van der Waals surface area contributed by atoms with Crippen LogP contribution in [0.3, 0.4) is 0 Å². The molecule has 160 valence electrons. The van der Waals surface area contributed by atoms with Gasteiger partial charge < -0.3 is 0 Å². The van der Waals surface area contributed by atoms with E-state index in [4.69, 9.17) is 0 Å². The Balaban J connectivity index is 0.000000480. The molecule has 0 fully saturated rings. The van der Waals surface area contributed by atoms with E-state index in [-0.39, 0.29) is 21.2 Å². The van der Waals surface area contributed by atoms with Gasteiger partial charge >= 0.3 is 57.6 Å². The molecule has 2 aromatic rings. The van der Waals surface area contributed by atoms with Crippen LogP contribution < -0.4 is 21.2 Å². The minimum atomic E-state index is -11.2. The number of hydrogen-bond acceptors (Lipinski definition) is 0. The van der Waals surface area contributed by atoms with Crippen molar-refractivity contribution < 1.29 is 38.1 Å². The van der Waals surface area contributed by atoms with E-state index in [1.165, 1.54) is 31.1 Å². The zero-order chi connectivity index (χ0) is 21.7. The molecular weight excluding hydrogens is 603 g/mol. The van der Waals surface area contributed by atoms with Gasteiger partial charge in [0.25, 0.3) is 0 Å². The van der Waals surface area contributed by atoms with Crippen molar-refractivity contribution in [2.24, 2.45) is 11.8 Å². The summed E-state index contributed by atoms with van der Waals surface area (Å²) in [4.78, 5) is 0. The molecule has 0 radical (unpaired) electrons. The molecule has 0 aromatic heterocycles. The van der Waals surface area contributed by atoms with E-state index >= 15 is 0 Å². The van der Waals surface area contributed by atoms with Crippen LogP contribution in [0.5, 0.6) is 0 Å². The summed E-state index contributed by atoms with van der Waals surface area (Å²) < 4.78 is 62.6. The summed E-state index contributed by atoms with van der Waals surface area (Å²) >= 11 is -11.3. The van der Waals surface area contributed by atoms with Gasteiger partial charge in [-0.25, -0.2) is 0 Å². The fourth-order valence-corrected chi connectivity index (χ4v) is 4.59. The monoisotopic (exact) mass is 628 g/mol. The summed E-state index contributed by atoms with van der Waals surface area (Å²) in [5, 5.41) is 0. The summed E-state index contributed by atoms with van der Waals surface area (Å²) in [5.74, 6) is 1.47. The van der Waals surface area contributed by atoms with Crippen molar-refractivity contribution in [3.63, 3.8) is 0 Å². The Morgan fingerprint density at radius 2 is 0.857 bits per heavy atom. The molecule has 0 nitrogen and oxygen atoms in total. The van der Waals surface area contributed by atoms with Gasteiger partial charge in [0.2, 0.25) is 0 Å². The summed E-state index contributed by atoms with van der Waals surface area (Å²) in [5.41, 5.74) is 2.93. The van der Waals surface area contributed by atoms with E-state index in [1.807, 2.05) is 0 Å². The average Bonchev–Trinajstić information content (AvgIpc) is 2.47. The van der Waals surface area contributed by atoms with Gasteiger partial charge in [0.1, 0.15) is 0 Å². The summed E-state index contributed by atoms with van der Waals surface area (Å²) in [6, 6.07) is 18.5. The number of rotatable bonds is 6. The van der Waals surface area contributed by atoms with Gasteiger partial charge in [-0.05, 0) is 60.1 Å². The predicted molar refractivity (Wildman–Crippen MR) is 99.8 cm³/mol. The molecule has 2 aromatic carbocycles. The van der Waals surface area contributed by atoms with E-state index < -0.39 is 19.5 Å². The van der Waals surface area contributed by atoms with E-state index in [1.54, 1.807) is 0 Å². The zero-order valence-electron chi connectivity index (χ0n) is 16.3. The van der Waals surface area contributed by atoms with Gasteiger partial charge in [-0.3, -0.25) is 0 Å². The van der Waals surface area contributed by atoms with E-state index in [0.717, 1.165) is 11.8 Å². The van der Waals surface area contributed by atoms with Crippen molar-refractivity contribution >= 4 is 19.5 Å². The van der Waals surface area contributed by atoms with E-state index in [9.17, 15) is 16.9 Å². The van der Waals surface area contributed by atoms with Crippen molar-refractivity contribution in [3.05, 3.63) is 66.8 Å². The van der Waals surface area contributed by atoms with E-state index in [0.29, 0.717) is 0 Å². The van der Waals surface area contributed by atoms with Gasteiger partial charge in [-0.15, -0.1) is 0 Å². The maximum atomic E-state index is 9.93. The van der Waals surface area contributed by atoms with Gasteiger partial charge in [-0.1, -0.05) is 52.0 Å². The molecule has 0 amide bonds. The van der Waals surface area contributed by atoms with Crippen LogP contribution in [0, 0.1) is 19.0 Å². The van der Waals surface area contributed by atoms with Crippen LogP contribution in [-0.2, 0) is 12.8 Å². The number of benzene rings is 2. The quantitative estimate of drug-likeness (QED) is 0.254. The first kappa shape index (κ1) is 25.6. The van der Waals surface area contributed by atoms with Crippen LogP contribution in [0.1, 0.15) is 38.8 Å². The maximum absolute atomic E-state index is 11.2. The zero-order valence-corrected chi connectivity index (χ0v) is 21.0. The third-order valence-electron chi connectivity index (χ3n) is 3.33. The molecular formula is C20H26F6ISb. The van der Waals surface area contributed by atoms with Gasteiger partial charge in [-0.2, -0.15) is 0 Å². The SMILES string of the molecule is CC(C)Cc1ccc([I+]c2ccc(CC(C)C)cc2)cc1.[F][Sb-]([F])([F])([F])([F])[F]. The second kappa shape index (κ2) is 9.15. The second-order valence-electron chi connectivity index (χ2n) is 7.50.